The molecule has 1 aromatic heterocycles. The van der Waals surface area contributed by atoms with E-state index in [2.05, 4.69) is 15.5 Å². The lowest BCUT2D eigenvalue weighted by Gasteiger charge is -2.13. The molecule has 1 heterocycles. The molecule has 1 amide bonds. The topological polar surface area (TPSA) is 69.0 Å². The Balaban J connectivity index is 1.71. The highest BCUT2D eigenvalue weighted by atomic mass is 35.5. The number of halogens is 1. The molecule has 0 aliphatic carbocycles. The number of aromatic nitrogens is 3. The van der Waals surface area contributed by atoms with Crippen LogP contribution in [0.25, 0.3) is 5.69 Å². The van der Waals surface area contributed by atoms with Crippen LogP contribution in [0.1, 0.15) is 5.56 Å². The maximum Gasteiger partial charge on any atom is 0.262 e. The molecule has 122 valence electrons. The van der Waals surface area contributed by atoms with Gasteiger partial charge in [-0.3, -0.25) is 9.36 Å². The van der Waals surface area contributed by atoms with Crippen LogP contribution in [0.4, 0.5) is 5.69 Å². The third-order valence-electron chi connectivity index (χ3n) is 3.40. The Bertz CT molecular complexity index is 850. The van der Waals surface area contributed by atoms with Crippen molar-refractivity contribution < 1.29 is 9.53 Å². The van der Waals surface area contributed by atoms with Crippen LogP contribution in [0.5, 0.6) is 5.75 Å². The number of nitrogens with zero attached hydrogens (tertiary/aromatic N) is 3. The van der Waals surface area contributed by atoms with Crippen LogP contribution in [0.15, 0.2) is 55.1 Å². The van der Waals surface area contributed by atoms with Crippen molar-refractivity contribution in [2.45, 2.75) is 6.92 Å². The van der Waals surface area contributed by atoms with Crippen LogP contribution in [0.3, 0.4) is 0 Å². The van der Waals surface area contributed by atoms with E-state index < -0.39 is 0 Å². The lowest BCUT2D eigenvalue weighted by Crippen LogP contribution is -2.21. The predicted octanol–water partition coefficient (Wildman–Crippen LogP) is 3.25. The molecule has 7 heteroatoms. The summed E-state index contributed by atoms with van der Waals surface area (Å²) in [6, 6.07) is 12.7. The van der Waals surface area contributed by atoms with E-state index >= 15 is 0 Å². The highest BCUT2D eigenvalue weighted by molar-refractivity contribution is 6.30. The zero-order valence-corrected chi connectivity index (χ0v) is 13.7. The van der Waals surface area contributed by atoms with Crippen molar-refractivity contribution in [1.29, 1.82) is 0 Å². The molecule has 0 atom stereocenters. The summed E-state index contributed by atoms with van der Waals surface area (Å²) in [5.41, 5.74) is 2.42. The van der Waals surface area contributed by atoms with Gasteiger partial charge in [0, 0.05) is 10.7 Å². The Morgan fingerprint density at radius 1 is 1.21 bits per heavy atom. The number of para-hydroxylation sites is 1. The lowest BCUT2D eigenvalue weighted by atomic mass is 10.2. The van der Waals surface area contributed by atoms with Crippen LogP contribution < -0.4 is 10.1 Å². The second-order valence-electron chi connectivity index (χ2n) is 5.13. The van der Waals surface area contributed by atoms with Crippen molar-refractivity contribution in [2.75, 3.05) is 11.9 Å². The Morgan fingerprint density at radius 2 is 1.96 bits per heavy atom. The summed E-state index contributed by atoms with van der Waals surface area (Å²) < 4.78 is 7.31. The maximum atomic E-state index is 12.1. The van der Waals surface area contributed by atoms with Gasteiger partial charge in [0.2, 0.25) is 0 Å². The fourth-order valence-electron chi connectivity index (χ4n) is 2.18. The normalized spacial score (nSPS) is 10.4. The second kappa shape index (κ2) is 7.14. The molecule has 0 saturated heterocycles. The molecular weight excluding hydrogens is 328 g/mol. The molecule has 0 aliphatic heterocycles. The summed E-state index contributed by atoms with van der Waals surface area (Å²) >= 11 is 6.03. The minimum absolute atomic E-state index is 0.120. The quantitative estimate of drug-likeness (QED) is 0.772. The number of amides is 1. The van der Waals surface area contributed by atoms with E-state index in [1.54, 1.807) is 22.8 Å². The minimum atomic E-state index is -0.242. The summed E-state index contributed by atoms with van der Waals surface area (Å²) in [6.07, 6.45) is 3.07. The van der Waals surface area contributed by atoms with Crippen LogP contribution in [0, 0.1) is 6.92 Å². The van der Waals surface area contributed by atoms with Crippen molar-refractivity contribution in [3.05, 3.63) is 65.7 Å². The number of benzene rings is 2. The summed E-state index contributed by atoms with van der Waals surface area (Å²) in [5, 5.41) is 10.9. The first-order chi connectivity index (χ1) is 11.6. The van der Waals surface area contributed by atoms with Gasteiger partial charge in [0.05, 0.1) is 5.69 Å². The molecule has 0 unspecified atom stereocenters. The molecule has 3 aromatic rings. The van der Waals surface area contributed by atoms with Gasteiger partial charge in [0.15, 0.2) is 6.61 Å². The SMILES string of the molecule is Cc1ccccc1NC(=O)COc1ccc(Cl)cc1-n1cnnc1. The summed E-state index contributed by atoms with van der Waals surface area (Å²) in [7, 11) is 0. The summed E-state index contributed by atoms with van der Waals surface area (Å²) in [5.74, 6) is 0.271. The van der Waals surface area contributed by atoms with Crippen LogP contribution in [-0.4, -0.2) is 27.3 Å². The van der Waals surface area contributed by atoms with Gasteiger partial charge < -0.3 is 10.1 Å². The number of ether oxygens (including phenoxy) is 1. The summed E-state index contributed by atoms with van der Waals surface area (Å²) in [6.45, 7) is 1.81. The van der Waals surface area contributed by atoms with Crippen LogP contribution in [0.2, 0.25) is 5.02 Å². The van der Waals surface area contributed by atoms with Gasteiger partial charge in [0.1, 0.15) is 18.4 Å². The molecule has 3 rings (SSSR count). The van der Waals surface area contributed by atoms with E-state index in [9.17, 15) is 4.79 Å². The monoisotopic (exact) mass is 342 g/mol. The Hall–Kier alpha value is -2.86. The molecule has 0 radical (unpaired) electrons. The van der Waals surface area contributed by atoms with Gasteiger partial charge in [-0.1, -0.05) is 29.8 Å². The number of aryl methyl sites for hydroxylation is 1. The number of rotatable bonds is 5. The van der Waals surface area contributed by atoms with Gasteiger partial charge in [0.25, 0.3) is 5.91 Å². The molecular formula is C17H15ClN4O2. The minimum Gasteiger partial charge on any atom is -0.482 e. The predicted molar refractivity (Wildman–Crippen MR) is 91.7 cm³/mol. The largest absolute Gasteiger partial charge is 0.482 e. The standard InChI is InChI=1S/C17H15ClN4O2/c1-12-4-2-3-5-14(12)21-17(23)9-24-16-7-6-13(18)8-15(16)22-10-19-20-11-22/h2-8,10-11H,9H2,1H3,(H,21,23). The molecule has 0 bridgehead atoms. The third kappa shape index (κ3) is 3.72. The molecule has 2 aromatic carbocycles. The lowest BCUT2D eigenvalue weighted by molar-refractivity contribution is -0.118. The highest BCUT2D eigenvalue weighted by Crippen LogP contribution is 2.26. The number of hydrogen-bond donors (Lipinski definition) is 1. The molecule has 0 fully saturated rings. The number of anilines is 1. The maximum absolute atomic E-state index is 12.1. The van der Waals surface area contributed by atoms with Crippen LogP contribution >= 0.6 is 11.6 Å². The fourth-order valence-corrected chi connectivity index (χ4v) is 2.35. The fraction of sp³-hybridized carbons (Fsp3) is 0.118. The molecule has 0 spiro atoms. The Morgan fingerprint density at radius 3 is 2.71 bits per heavy atom. The number of carbonyl (C=O) groups is 1. The second-order valence-corrected chi connectivity index (χ2v) is 5.57. The van der Waals surface area contributed by atoms with Crippen LogP contribution in [-0.2, 0) is 4.79 Å². The smallest absolute Gasteiger partial charge is 0.262 e. The zero-order valence-electron chi connectivity index (χ0n) is 12.9. The number of nitrogens with one attached hydrogen (secondary N) is 1. The number of hydrogen-bond acceptors (Lipinski definition) is 4. The van der Waals surface area contributed by atoms with Crippen molar-refractivity contribution in [3.8, 4) is 11.4 Å². The van der Waals surface area contributed by atoms with E-state index in [4.69, 9.17) is 16.3 Å². The average Bonchev–Trinajstić information content (AvgIpc) is 3.10. The van der Waals surface area contributed by atoms with Crippen molar-refractivity contribution in [2.24, 2.45) is 0 Å². The molecule has 1 N–H and O–H groups in total. The van der Waals surface area contributed by atoms with Gasteiger partial charge in [-0.15, -0.1) is 10.2 Å². The van der Waals surface area contributed by atoms with Crippen molar-refractivity contribution >= 4 is 23.2 Å². The first-order valence-corrected chi connectivity index (χ1v) is 7.64. The first kappa shape index (κ1) is 16.0. The van der Waals surface area contributed by atoms with Gasteiger partial charge in [-0.2, -0.15) is 0 Å². The summed E-state index contributed by atoms with van der Waals surface area (Å²) in [4.78, 5) is 12.1. The molecule has 24 heavy (non-hydrogen) atoms. The first-order valence-electron chi connectivity index (χ1n) is 7.26. The van der Waals surface area contributed by atoms with E-state index in [0.717, 1.165) is 11.3 Å². The van der Waals surface area contributed by atoms with Crippen molar-refractivity contribution in [3.63, 3.8) is 0 Å². The van der Waals surface area contributed by atoms with Crippen molar-refractivity contribution in [1.82, 2.24) is 14.8 Å². The van der Waals surface area contributed by atoms with Gasteiger partial charge >= 0.3 is 0 Å². The van der Waals surface area contributed by atoms with E-state index in [0.29, 0.717) is 16.5 Å². The molecule has 6 nitrogen and oxygen atoms in total. The number of carbonyl (C=O) groups excluding carboxylic acids is 1. The van der Waals surface area contributed by atoms with E-state index in [-0.39, 0.29) is 12.5 Å². The molecule has 0 saturated carbocycles. The zero-order chi connectivity index (χ0) is 16.9. The highest BCUT2D eigenvalue weighted by Gasteiger charge is 2.10. The average molecular weight is 343 g/mol. The Labute approximate surface area is 144 Å². The van der Waals surface area contributed by atoms with Gasteiger partial charge in [-0.25, -0.2) is 0 Å². The van der Waals surface area contributed by atoms with Gasteiger partial charge in [-0.05, 0) is 36.8 Å². The van der Waals surface area contributed by atoms with E-state index in [1.807, 2.05) is 31.2 Å². The third-order valence-corrected chi connectivity index (χ3v) is 3.63. The van der Waals surface area contributed by atoms with E-state index in [1.165, 1.54) is 12.7 Å². The Kier molecular flexibility index (Phi) is 4.77. The molecule has 0 aliphatic rings.